The summed E-state index contributed by atoms with van der Waals surface area (Å²) >= 11 is 0. The van der Waals surface area contributed by atoms with Gasteiger partial charge in [0.1, 0.15) is 17.5 Å². The second-order valence-corrected chi connectivity index (χ2v) is 7.39. The molecule has 5 nitrogen and oxygen atoms in total. The lowest BCUT2D eigenvalue weighted by Gasteiger charge is -2.34. The first-order valence-corrected chi connectivity index (χ1v) is 8.69. The highest BCUT2D eigenvalue weighted by molar-refractivity contribution is 5.84. The summed E-state index contributed by atoms with van der Waals surface area (Å²) in [5.41, 5.74) is 1.96. The molecule has 0 aliphatic carbocycles. The molecule has 2 heterocycles. The number of aliphatic imine (C=N–C) groups is 1. The van der Waals surface area contributed by atoms with E-state index < -0.39 is 5.60 Å². The van der Waals surface area contributed by atoms with E-state index >= 15 is 0 Å². The van der Waals surface area contributed by atoms with Crippen LogP contribution in [0.15, 0.2) is 23.2 Å². The van der Waals surface area contributed by atoms with Gasteiger partial charge >= 0.3 is 6.09 Å². The number of benzene rings is 1. The Hall–Kier alpha value is -2.04. The topological polar surface area (TPSA) is 51.1 Å². The number of rotatable bonds is 2. The van der Waals surface area contributed by atoms with Crippen LogP contribution in [0.2, 0.25) is 0 Å². The number of ether oxygens (including phenoxy) is 2. The van der Waals surface area contributed by atoms with Crippen LogP contribution in [0.25, 0.3) is 0 Å². The van der Waals surface area contributed by atoms with Crippen molar-refractivity contribution in [2.75, 3.05) is 19.6 Å². The third-order valence-electron chi connectivity index (χ3n) is 4.28. The van der Waals surface area contributed by atoms with Gasteiger partial charge in [0.2, 0.25) is 0 Å². The molecule has 2 aliphatic rings. The maximum Gasteiger partial charge on any atom is 0.410 e. The van der Waals surface area contributed by atoms with E-state index in [2.05, 4.69) is 11.1 Å². The van der Waals surface area contributed by atoms with Crippen LogP contribution >= 0.6 is 0 Å². The van der Waals surface area contributed by atoms with Crippen LogP contribution in [0.3, 0.4) is 0 Å². The summed E-state index contributed by atoms with van der Waals surface area (Å²) in [7, 11) is 0. The van der Waals surface area contributed by atoms with E-state index in [0.29, 0.717) is 13.1 Å². The van der Waals surface area contributed by atoms with Crippen molar-refractivity contribution in [2.24, 2.45) is 4.99 Å². The van der Waals surface area contributed by atoms with Gasteiger partial charge in [-0.2, -0.15) is 0 Å². The lowest BCUT2D eigenvalue weighted by molar-refractivity contribution is 0.0126. The summed E-state index contributed by atoms with van der Waals surface area (Å²) in [4.78, 5) is 18.2. The van der Waals surface area contributed by atoms with Crippen LogP contribution in [0.1, 0.15) is 44.7 Å². The number of hydrogen-bond donors (Lipinski definition) is 0. The SMILES string of the molecule is CC(C)(C)OC(=O)N1CCC(Oc2cccc3c2CCN=C3)CC1. The minimum Gasteiger partial charge on any atom is -0.490 e. The van der Waals surface area contributed by atoms with E-state index in [-0.39, 0.29) is 12.2 Å². The predicted octanol–water partition coefficient (Wildman–Crippen LogP) is 3.44. The van der Waals surface area contributed by atoms with Gasteiger partial charge in [0.15, 0.2) is 0 Å². The molecule has 0 N–H and O–H groups in total. The fourth-order valence-corrected chi connectivity index (χ4v) is 3.08. The zero-order valence-corrected chi connectivity index (χ0v) is 14.7. The minimum atomic E-state index is -0.449. The molecular weight excluding hydrogens is 304 g/mol. The summed E-state index contributed by atoms with van der Waals surface area (Å²) in [6.45, 7) is 7.85. The Morgan fingerprint density at radius 3 is 2.71 bits per heavy atom. The van der Waals surface area contributed by atoms with E-state index in [9.17, 15) is 4.79 Å². The van der Waals surface area contributed by atoms with Crippen LogP contribution in [0.5, 0.6) is 5.75 Å². The first-order chi connectivity index (χ1) is 11.4. The standard InChI is InChI=1S/C19H26N2O3/c1-19(2,3)24-18(22)21-11-8-15(9-12-21)23-17-6-4-5-14-13-20-10-7-16(14)17/h4-6,13,15H,7-12H2,1-3H3. The zero-order valence-electron chi connectivity index (χ0n) is 14.7. The zero-order chi connectivity index (χ0) is 17.2. The van der Waals surface area contributed by atoms with Crippen LogP contribution in [0.4, 0.5) is 4.79 Å². The van der Waals surface area contributed by atoms with E-state index in [1.807, 2.05) is 39.1 Å². The summed E-state index contributed by atoms with van der Waals surface area (Å²) in [5, 5.41) is 0. The average Bonchev–Trinajstić information content (AvgIpc) is 2.54. The number of hydrogen-bond acceptors (Lipinski definition) is 4. The van der Waals surface area contributed by atoms with Crippen molar-refractivity contribution in [3.63, 3.8) is 0 Å². The van der Waals surface area contributed by atoms with Gasteiger partial charge in [-0.25, -0.2) is 4.79 Å². The molecule has 0 unspecified atom stereocenters. The van der Waals surface area contributed by atoms with Crippen molar-refractivity contribution in [3.05, 3.63) is 29.3 Å². The molecule has 3 rings (SSSR count). The Kier molecular flexibility index (Phi) is 4.78. The summed E-state index contributed by atoms with van der Waals surface area (Å²) in [5.74, 6) is 0.967. The van der Waals surface area contributed by atoms with E-state index in [0.717, 1.165) is 37.1 Å². The van der Waals surface area contributed by atoms with Gasteiger partial charge in [0.25, 0.3) is 0 Å². The largest absolute Gasteiger partial charge is 0.490 e. The molecule has 1 aromatic rings. The van der Waals surface area contributed by atoms with E-state index in [4.69, 9.17) is 9.47 Å². The number of fused-ring (bicyclic) bond motifs is 1. The minimum absolute atomic E-state index is 0.147. The number of likely N-dealkylation sites (tertiary alicyclic amines) is 1. The molecule has 0 saturated carbocycles. The van der Waals surface area contributed by atoms with Crippen LogP contribution < -0.4 is 4.74 Å². The van der Waals surface area contributed by atoms with Crippen LogP contribution in [0, 0.1) is 0 Å². The number of nitrogens with zero attached hydrogens (tertiary/aromatic N) is 2. The van der Waals surface area contributed by atoms with Crippen molar-refractivity contribution in [2.45, 2.75) is 51.7 Å². The van der Waals surface area contributed by atoms with Crippen molar-refractivity contribution in [1.29, 1.82) is 0 Å². The smallest absolute Gasteiger partial charge is 0.410 e. The number of amides is 1. The monoisotopic (exact) mass is 330 g/mol. The maximum absolute atomic E-state index is 12.1. The number of piperidine rings is 1. The van der Waals surface area contributed by atoms with Gasteiger partial charge in [-0.05, 0) is 38.8 Å². The Balaban J connectivity index is 1.57. The van der Waals surface area contributed by atoms with Gasteiger partial charge in [0.05, 0.1) is 0 Å². The predicted molar refractivity (Wildman–Crippen MR) is 94.1 cm³/mol. The molecule has 1 saturated heterocycles. The van der Waals surface area contributed by atoms with Gasteiger partial charge < -0.3 is 14.4 Å². The molecule has 0 aromatic heterocycles. The summed E-state index contributed by atoms with van der Waals surface area (Å²) in [6, 6.07) is 6.13. The van der Waals surface area contributed by atoms with Gasteiger partial charge in [-0.15, -0.1) is 0 Å². The Labute approximate surface area is 143 Å². The van der Waals surface area contributed by atoms with E-state index in [1.54, 1.807) is 4.90 Å². The van der Waals surface area contributed by atoms with Crippen molar-refractivity contribution in [1.82, 2.24) is 4.90 Å². The fraction of sp³-hybridized carbons (Fsp3) is 0.579. The van der Waals surface area contributed by atoms with Gasteiger partial charge in [-0.1, -0.05) is 12.1 Å². The molecule has 0 radical (unpaired) electrons. The molecule has 0 bridgehead atoms. The Bertz CT molecular complexity index is 626. The average molecular weight is 330 g/mol. The van der Waals surface area contributed by atoms with Crippen molar-refractivity contribution >= 4 is 12.3 Å². The maximum atomic E-state index is 12.1. The molecule has 0 atom stereocenters. The Morgan fingerprint density at radius 2 is 2.00 bits per heavy atom. The molecule has 2 aliphatic heterocycles. The highest BCUT2D eigenvalue weighted by Gasteiger charge is 2.28. The van der Waals surface area contributed by atoms with E-state index in [1.165, 1.54) is 5.56 Å². The molecule has 130 valence electrons. The highest BCUT2D eigenvalue weighted by Crippen LogP contribution is 2.27. The molecule has 5 heteroatoms. The third kappa shape index (κ3) is 4.08. The first-order valence-electron chi connectivity index (χ1n) is 8.69. The first kappa shape index (κ1) is 16.8. The summed E-state index contributed by atoms with van der Waals surface area (Å²) < 4.78 is 11.7. The second-order valence-electron chi connectivity index (χ2n) is 7.39. The molecule has 0 spiro atoms. The lowest BCUT2D eigenvalue weighted by atomic mass is 10.0. The molecule has 1 amide bonds. The van der Waals surface area contributed by atoms with Gasteiger partial charge in [0, 0.05) is 44.3 Å². The summed E-state index contributed by atoms with van der Waals surface area (Å²) in [6.07, 6.45) is 4.44. The molecular formula is C19H26N2O3. The molecule has 24 heavy (non-hydrogen) atoms. The second kappa shape index (κ2) is 6.83. The normalized spacial score (nSPS) is 18.2. The van der Waals surface area contributed by atoms with Crippen molar-refractivity contribution < 1.29 is 14.3 Å². The molecule has 1 aromatic carbocycles. The lowest BCUT2D eigenvalue weighted by Crippen LogP contribution is -2.44. The number of carbonyl (C=O) groups is 1. The van der Waals surface area contributed by atoms with Crippen molar-refractivity contribution in [3.8, 4) is 5.75 Å². The Morgan fingerprint density at radius 1 is 1.25 bits per heavy atom. The van der Waals surface area contributed by atoms with Gasteiger partial charge in [-0.3, -0.25) is 4.99 Å². The number of carbonyl (C=O) groups excluding carboxylic acids is 1. The molecule has 1 fully saturated rings. The quantitative estimate of drug-likeness (QED) is 0.834. The van der Waals surface area contributed by atoms with Crippen LogP contribution in [-0.4, -0.2) is 48.5 Å². The van der Waals surface area contributed by atoms with Crippen LogP contribution in [-0.2, 0) is 11.2 Å². The fourth-order valence-electron chi connectivity index (χ4n) is 3.08. The third-order valence-corrected chi connectivity index (χ3v) is 4.28. The highest BCUT2D eigenvalue weighted by atomic mass is 16.6.